The molecule has 0 aliphatic heterocycles. The monoisotopic (exact) mass is 1120 g/mol. The van der Waals surface area contributed by atoms with E-state index in [1.807, 2.05) is 121 Å². The summed E-state index contributed by atoms with van der Waals surface area (Å²) in [6, 6.07) is 51.5. The number of rotatable bonds is 20. The summed E-state index contributed by atoms with van der Waals surface area (Å²) in [5.41, 5.74) is 7.97. The van der Waals surface area contributed by atoms with Crippen LogP contribution >= 0.6 is 0 Å². The maximum Gasteiger partial charge on any atom is 0.221 e. The van der Waals surface area contributed by atoms with E-state index in [-0.39, 0.29) is 25.0 Å². The van der Waals surface area contributed by atoms with E-state index in [1.54, 1.807) is 0 Å². The van der Waals surface area contributed by atoms with Crippen molar-refractivity contribution in [3.63, 3.8) is 0 Å². The van der Waals surface area contributed by atoms with Gasteiger partial charge in [-0.1, -0.05) is 100 Å². The van der Waals surface area contributed by atoms with Crippen molar-refractivity contribution in [1.82, 2.24) is 29.9 Å². The van der Waals surface area contributed by atoms with Gasteiger partial charge in [0, 0.05) is 62.8 Å². The van der Waals surface area contributed by atoms with Crippen molar-refractivity contribution in [1.29, 1.82) is 0 Å². The van der Waals surface area contributed by atoms with Crippen LogP contribution in [0.5, 0.6) is 0 Å². The first-order chi connectivity index (χ1) is 40.8. The van der Waals surface area contributed by atoms with Gasteiger partial charge < -0.3 is 52.7 Å². The van der Waals surface area contributed by atoms with E-state index in [4.69, 9.17) is 30.1 Å². The van der Waals surface area contributed by atoms with Crippen molar-refractivity contribution in [2.75, 3.05) is 81.9 Å². The van der Waals surface area contributed by atoms with E-state index >= 15 is 0 Å². The first kappa shape index (κ1) is 58.9. The molecule has 0 fully saturated rings. The number of hydrogen-bond donors (Lipinski definition) is 10. The van der Waals surface area contributed by atoms with Gasteiger partial charge in [0.05, 0.1) is 46.3 Å². The second kappa shape index (κ2) is 28.3. The number of anilines is 10. The van der Waals surface area contributed by atoms with Crippen LogP contribution in [0.4, 0.5) is 57.7 Å². The second-order valence-corrected chi connectivity index (χ2v) is 21.1. The van der Waals surface area contributed by atoms with Gasteiger partial charge >= 0.3 is 0 Å². The minimum atomic E-state index is -0.126. The highest BCUT2D eigenvalue weighted by Crippen LogP contribution is 2.32. The second-order valence-electron chi connectivity index (χ2n) is 21.1. The van der Waals surface area contributed by atoms with Crippen LogP contribution in [0.2, 0.25) is 0 Å². The lowest BCUT2D eigenvalue weighted by atomic mass is 10.1. The van der Waals surface area contributed by atoms with Crippen LogP contribution < -0.4 is 42.5 Å². The first-order valence-corrected chi connectivity index (χ1v) is 28.4. The van der Waals surface area contributed by atoms with Gasteiger partial charge in [-0.05, 0) is 142 Å². The number of aliphatic hydroxyl groups excluding tert-OH is 2. The van der Waals surface area contributed by atoms with Gasteiger partial charge in [0.15, 0.2) is 34.9 Å². The van der Waals surface area contributed by atoms with Crippen LogP contribution in [0.25, 0.3) is 65.4 Å². The highest BCUT2D eigenvalue weighted by molar-refractivity contribution is 5.99. The molecule has 11 rings (SSSR count). The first-order valence-electron chi connectivity index (χ1n) is 28.4. The topological polar surface area (TPSA) is 248 Å². The van der Waals surface area contributed by atoms with Crippen LogP contribution in [0.3, 0.4) is 0 Å². The van der Waals surface area contributed by atoms with Crippen LogP contribution in [-0.4, -0.2) is 91.3 Å². The molecular formula is C66H72N14O4. The number of carbonyl (C=O) groups is 2. The minimum absolute atomic E-state index is 0.0108. The smallest absolute Gasteiger partial charge is 0.221 e. The van der Waals surface area contributed by atoms with Crippen LogP contribution in [0, 0.1) is 11.8 Å². The van der Waals surface area contributed by atoms with Gasteiger partial charge in [-0.15, -0.1) is 0 Å². The summed E-state index contributed by atoms with van der Waals surface area (Å²) >= 11 is 0. The minimum Gasteiger partial charge on any atom is -0.395 e. The Morgan fingerprint density at radius 3 is 0.833 bits per heavy atom. The van der Waals surface area contributed by atoms with E-state index in [0.29, 0.717) is 59.6 Å². The highest BCUT2D eigenvalue weighted by atomic mass is 16.3. The number of amides is 2. The predicted molar refractivity (Wildman–Crippen MR) is 346 cm³/mol. The fraction of sp³-hybridized carbons (Fsp3) is 0.242. The zero-order valence-corrected chi connectivity index (χ0v) is 48.2. The summed E-state index contributed by atoms with van der Waals surface area (Å²) in [5, 5.41) is 50.0. The molecule has 84 heavy (non-hydrogen) atoms. The molecule has 0 radical (unpaired) electrons. The average molecular weight is 1130 g/mol. The normalized spacial score (nSPS) is 11.1. The molecule has 0 spiro atoms. The Bertz CT molecular complexity index is 3790. The summed E-state index contributed by atoms with van der Waals surface area (Å²) in [4.78, 5) is 51.4. The zero-order chi connectivity index (χ0) is 59.0. The van der Waals surface area contributed by atoms with Crippen molar-refractivity contribution < 1.29 is 19.8 Å². The lowest BCUT2D eigenvalue weighted by molar-refractivity contribution is -0.115. The molecule has 0 aliphatic rings. The maximum atomic E-state index is 11.3. The quantitative estimate of drug-likeness (QED) is 0.0319. The van der Waals surface area contributed by atoms with Crippen LogP contribution in [0.15, 0.2) is 158 Å². The maximum absolute atomic E-state index is 11.3. The number of hydrogen-bond acceptors (Lipinski definition) is 16. The third-order valence-electron chi connectivity index (χ3n) is 13.4. The van der Waals surface area contributed by atoms with E-state index in [2.05, 4.69) is 117 Å². The number of aliphatic hydroxyl groups is 2. The number of aromatic nitrogens is 6. The Morgan fingerprint density at radius 1 is 0.357 bits per heavy atom. The molecule has 0 atom stereocenters. The van der Waals surface area contributed by atoms with Gasteiger partial charge in [-0.25, -0.2) is 29.9 Å². The highest BCUT2D eigenvalue weighted by Gasteiger charge is 2.15. The molecule has 0 unspecified atom stereocenters. The molecule has 0 aliphatic carbocycles. The number of nitrogens with zero attached hydrogens (tertiary/aromatic N) is 6. The van der Waals surface area contributed by atoms with Gasteiger partial charge in [0.1, 0.15) is 0 Å². The molecule has 11 aromatic rings. The lowest BCUT2D eigenvalue weighted by Crippen LogP contribution is -2.14. The van der Waals surface area contributed by atoms with E-state index < -0.39 is 0 Å². The van der Waals surface area contributed by atoms with E-state index in [0.717, 1.165) is 104 Å². The number of carbonyl (C=O) groups excluding carboxylic acids is 2. The molecule has 10 N–H and O–H groups in total. The molecule has 0 saturated carbocycles. The van der Waals surface area contributed by atoms with Crippen molar-refractivity contribution in [3.8, 4) is 0 Å². The average Bonchev–Trinajstić information content (AvgIpc) is 3.35. The molecule has 0 bridgehead atoms. The SMILES string of the molecule is CC(=O)Nc1ccc(Nc2nc3cc4ccccc4cc3nc2Nc2ccc(NC(C)=O)cc2)cc1.CC(C)CCNc1nc2cc3ccccc3cc2nc1NCCC(C)C.OCCNc1nc2cc3ccccc3cc2nc1NCCO. The Balaban J connectivity index is 0.000000157. The molecular weight excluding hydrogens is 1050 g/mol. The number of nitrogens with one attached hydrogen (secondary N) is 8. The fourth-order valence-electron chi connectivity index (χ4n) is 9.15. The van der Waals surface area contributed by atoms with Gasteiger partial charge in [0.2, 0.25) is 11.8 Å². The van der Waals surface area contributed by atoms with Crippen LogP contribution in [-0.2, 0) is 9.59 Å². The van der Waals surface area contributed by atoms with Crippen LogP contribution in [0.1, 0.15) is 54.4 Å². The Morgan fingerprint density at radius 2 is 0.595 bits per heavy atom. The third kappa shape index (κ3) is 16.0. The van der Waals surface area contributed by atoms with E-state index in [1.165, 1.54) is 24.6 Å². The summed E-state index contributed by atoms with van der Waals surface area (Å²) in [6.45, 7) is 14.5. The molecule has 3 heterocycles. The van der Waals surface area contributed by atoms with E-state index in [9.17, 15) is 9.59 Å². The molecule has 18 heteroatoms. The zero-order valence-electron chi connectivity index (χ0n) is 48.2. The summed E-state index contributed by atoms with van der Waals surface area (Å²) in [5.74, 6) is 5.05. The predicted octanol–water partition coefficient (Wildman–Crippen LogP) is 13.5. The number of fused-ring (bicyclic) bond motifs is 6. The fourth-order valence-corrected chi connectivity index (χ4v) is 9.15. The summed E-state index contributed by atoms with van der Waals surface area (Å²) in [7, 11) is 0. The standard InChI is InChI=1S/C28H24N6O2.C22H30N4.C16H18N4O2/c1-17(35)29-21-7-11-23(12-8-21)31-27-28(32-24-13-9-22(10-14-24)30-18(2)36)34-26-16-20-6-4-3-5-19(20)15-25(26)33-27;1-15(2)9-11-23-21-22(24-12-10-16(3)4)26-20-14-18-8-6-5-7-17(18)13-19(20)25-21;21-7-5-17-15-16(18-6-8-22)20-14-10-12-4-2-1-3-11(12)9-13(14)19-15/h3-16H,1-2H3,(H,29,35)(H,30,36)(H,31,33)(H,32,34);5-8,13-16H,9-12H2,1-4H3,(H,23,25)(H,24,26);1-4,9-10,21-22H,5-8H2,(H,17,19)(H,18,20). The van der Waals surface area contributed by atoms with Gasteiger partial charge in [-0.3, -0.25) is 9.59 Å². The van der Waals surface area contributed by atoms with Crippen molar-refractivity contribution in [2.24, 2.45) is 11.8 Å². The number of benzene rings is 8. The molecule has 2 amide bonds. The molecule has 18 nitrogen and oxygen atoms in total. The third-order valence-corrected chi connectivity index (χ3v) is 13.4. The summed E-state index contributed by atoms with van der Waals surface area (Å²) < 4.78 is 0. The molecule has 430 valence electrons. The Kier molecular flexibility index (Phi) is 19.8. The van der Waals surface area contributed by atoms with Gasteiger partial charge in [-0.2, -0.15) is 0 Å². The lowest BCUT2D eigenvalue weighted by Gasteiger charge is -2.15. The van der Waals surface area contributed by atoms with Crippen molar-refractivity contribution in [2.45, 2.75) is 54.4 Å². The Labute approximate surface area is 488 Å². The van der Waals surface area contributed by atoms with Crippen molar-refractivity contribution in [3.05, 3.63) is 158 Å². The van der Waals surface area contributed by atoms with Gasteiger partial charge in [0.25, 0.3) is 0 Å². The summed E-state index contributed by atoms with van der Waals surface area (Å²) in [6.07, 6.45) is 2.23. The largest absolute Gasteiger partial charge is 0.395 e. The molecule has 3 aromatic heterocycles. The van der Waals surface area contributed by atoms with Crippen molar-refractivity contribution >= 4 is 135 Å². The molecule has 8 aromatic carbocycles. The Hall–Kier alpha value is -9.78. The molecule has 0 saturated heterocycles.